The van der Waals surface area contributed by atoms with Gasteiger partial charge in [-0.15, -0.1) is 0 Å². The topological polar surface area (TPSA) is 60.2 Å². The van der Waals surface area contributed by atoms with Crippen molar-refractivity contribution in [3.05, 3.63) is 17.4 Å². The fraction of sp³-hybridized carbons (Fsp3) is 0.500. The molecule has 0 aliphatic heterocycles. The van der Waals surface area contributed by atoms with E-state index < -0.39 is 0 Å². The molecule has 18 heavy (non-hydrogen) atoms. The molecule has 0 bridgehead atoms. The minimum absolute atomic E-state index is 0.207. The van der Waals surface area contributed by atoms with Crippen LogP contribution in [0.4, 0.5) is 0 Å². The molecule has 0 aromatic carbocycles. The summed E-state index contributed by atoms with van der Waals surface area (Å²) in [5.41, 5.74) is 0.780. The molecule has 0 fully saturated rings. The van der Waals surface area contributed by atoms with E-state index >= 15 is 0 Å². The van der Waals surface area contributed by atoms with Gasteiger partial charge in [-0.2, -0.15) is 5.10 Å². The van der Waals surface area contributed by atoms with E-state index in [0.717, 1.165) is 30.3 Å². The second-order valence-corrected chi connectivity index (χ2v) is 4.33. The maximum Gasteiger partial charge on any atom is 0.226 e. The van der Waals surface area contributed by atoms with E-state index in [1.165, 1.54) is 0 Å². The Morgan fingerprint density at radius 1 is 1.44 bits per heavy atom. The Morgan fingerprint density at radius 2 is 2.28 bits per heavy atom. The molecule has 0 spiro atoms. The monoisotopic (exact) mass is 269 g/mol. The summed E-state index contributed by atoms with van der Waals surface area (Å²) in [6.07, 6.45) is 3.56. The summed E-state index contributed by atoms with van der Waals surface area (Å²) < 4.78 is 7.28. The van der Waals surface area contributed by atoms with Gasteiger partial charge in [0.2, 0.25) is 5.88 Å². The molecule has 5 nitrogen and oxygen atoms in total. The zero-order chi connectivity index (χ0) is 13.0. The Labute approximate surface area is 110 Å². The first-order valence-corrected chi connectivity index (χ1v) is 6.39. The van der Waals surface area contributed by atoms with Gasteiger partial charge in [-0.3, -0.25) is 4.68 Å². The van der Waals surface area contributed by atoms with Gasteiger partial charge in [0.25, 0.3) is 0 Å². The van der Waals surface area contributed by atoms with Gasteiger partial charge >= 0.3 is 0 Å². The molecule has 1 N–H and O–H groups in total. The van der Waals surface area contributed by atoms with E-state index in [0.29, 0.717) is 17.6 Å². The zero-order valence-electron chi connectivity index (χ0n) is 10.3. The van der Waals surface area contributed by atoms with E-state index in [2.05, 4.69) is 10.1 Å². The van der Waals surface area contributed by atoms with Gasteiger partial charge in [-0.25, -0.2) is 4.98 Å². The van der Waals surface area contributed by atoms with Crippen LogP contribution in [0.15, 0.2) is 12.3 Å². The molecule has 6 heteroatoms. The lowest BCUT2D eigenvalue weighted by molar-refractivity contribution is 0.280. The number of halogens is 1. The molecule has 0 aliphatic carbocycles. The molecule has 0 unspecified atom stereocenters. The number of nitrogens with zero attached hydrogens (tertiary/aromatic N) is 3. The van der Waals surface area contributed by atoms with Gasteiger partial charge in [0, 0.05) is 25.4 Å². The first kappa shape index (κ1) is 13.1. The smallest absolute Gasteiger partial charge is 0.226 e. The highest BCUT2D eigenvalue weighted by Crippen LogP contribution is 2.25. The number of fused-ring (bicyclic) bond motifs is 1. The fourth-order valence-corrected chi connectivity index (χ4v) is 1.94. The van der Waals surface area contributed by atoms with E-state index in [-0.39, 0.29) is 6.61 Å². The summed E-state index contributed by atoms with van der Waals surface area (Å²) in [4.78, 5) is 4.15. The quantitative estimate of drug-likeness (QED) is 0.645. The van der Waals surface area contributed by atoms with E-state index in [1.54, 1.807) is 6.07 Å². The van der Waals surface area contributed by atoms with Gasteiger partial charge in [-0.05, 0) is 19.8 Å². The molecule has 0 radical (unpaired) electrons. The minimum Gasteiger partial charge on any atom is -0.477 e. The number of aryl methyl sites for hydroxylation is 1. The number of pyridine rings is 1. The van der Waals surface area contributed by atoms with Gasteiger partial charge < -0.3 is 9.84 Å². The number of hydrogen-bond donors (Lipinski definition) is 1. The van der Waals surface area contributed by atoms with Gasteiger partial charge in [0.05, 0.1) is 12.0 Å². The zero-order valence-corrected chi connectivity index (χ0v) is 11.0. The summed E-state index contributed by atoms with van der Waals surface area (Å²) >= 11 is 5.92. The molecule has 2 rings (SSSR count). The van der Waals surface area contributed by atoms with Gasteiger partial charge in [0.1, 0.15) is 10.7 Å². The highest BCUT2D eigenvalue weighted by atomic mass is 35.5. The summed E-state index contributed by atoms with van der Waals surface area (Å²) in [6.45, 7) is 3.41. The van der Waals surface area contributed by atoms with Crippen LogP contribution in [0.3, 0.4) is 0 Å². The molecule has 2 heterocycles. The van der Waals surface area contributed by atoms with Crippen molar-refractivity contribution < 1.29 is 9.84 Å². The lowest BCUT2D eigenvalue weighted by atomic mass is 10.3. The lowest BCUT2D eigenvalue weighted by Gasteiger charge is -2.02. The third kappa shape index (κ3) is 2.91. The predicted molar refractivity (Wildman–Crippen MR) is 70.0 cm³/mol. The number of aliphatic hydroxyl groups excluding tert-OH is 1. The fourth-order valence-electron chi connectivity index (χ4n) is 1.76. The van der Waals surface area contributed by atoms with Crippen LogP contribution in [-0.4, -0.2) is 33.1 Å². The number of unbranched alkanes of at least 4 members (excludes halogenated alkanes) is 1. The maximum atomic E-state index is 8.76. The number of rotatable bonds is 6. The molecular weight excluding hydrogens is 254 g/mol. The summed E-state index contributed by atoms with van der Waals surface area (Å²) in [5, 5.41) is 14.4. The summed E-state index contributed by atoms with van der Waals surface area (Å²) in [7, 11) is 0. The van der Waals surface area contributed by atoms with E-state index in [9.17, 15) is 0 Å². The third-order valence-electron chi connectivity index (χ3n) is 2.56. The molecule has 2 aromatic heterocycles. The molecule has 98 valence electrons. The molecule has 0 aliphatic rings. The van der Waals surface area contributed by atoms with Crippen LogP contribution >= 0.6 is 11.6 Å². The van der Waals surface area contributed by atoms with Crippen molar-refractivity contribution in [2.24, 2.45) is 0 Å². The van der Waals surface area contributed by atoms with Crippen molar-refractivity contribution in [3.8, 4) is 5.88 Å². The first-order valence-electron chi connectivity index (χ1n) is 6.02. The minimum atomic E-state index is 0.207. The van der Waals surface area contributed by atoms with Crippen LogP contribution in [0.2, 0.25) is 5.15 Å². The highest BCUT2D eigenvalue weighted by molar-refractivity contribution is 6.30. The number of aromatic nitrogens is 3. The number of ether oxygens (including phenoxy) is 1. The van der Waals surface area contributed by atoms with Crippen LogP contribution in [0, 0.1) is 0 Å². The van der Waals surface area contributed by atoms with Gasteiger partial charge in [0.15, 0.2) is 0 Å². The first-order chi connectivity index (χ1) is 8.74. The largest absolute Gasteiger partial charge is 0.477 e. The number of aliphatic hydroxyl groups is 1. The van der Waals surface area contributed by atoms with Crippen LogP contribution in [0.1, 0.15) is 19.8 Å². The van der Waals surface area contributed by atoms with Crippen LogP contribution in [0.25, 0.3) is 10.9 Å². The number of hydrogen-bond acceptors (Lipinski definition) is 4. The lowest BCUT2D eigenvalue weighted by Crippen LogP contribution is -1.99. The summed E-state index contributed by atoms with van der Waals surface area (Å²) in [6, 6.07) is 1.72. The average molecular weight is 270 g/mol. The second kappa shape index (κ2) is 6.02. The van der Waals surface area contributed by atoms with E-state index in [4.69, 9.17) is 21.4 Å². The Balaban J connectivity index is 2.28. The summed E-state index contributed by atoms with van der Waals surface area (Å²) in [5.74, 6) is 0.522. The second-order valence-electron chi connectivity index (χ2n) is 3.94. The standard InChI is InChI=1S/C12H16ClN3O2/c1-2-18-12-9-8-16(5-3-4-6-17)15-10(9)7-11(13)14-12/h7-8,17H,2-6H2,1H3. The van der Waals surface area contributed by atoms with Crippen LogP contribution in [0.5, 0.6) is 5.88 Å². The Bertz CT molecular complexity index is 527. The molecule has 0 saturated carbocycles. The molecule has 0 amide bonds. The van der Waals surface area contributed by atoms with Crippen LogP contribution in [-0.2, 0) is 6.54 Å². The Hall–Kier alpha value is -1.33. The molecule has 0 atom stereocenters. The van der Waals surface area contributed by atoms with Crippen LogP contribution < -0.4 is 4.74 Å². The van der Waals surface area contributed by atoms with Crippen molar-refractivity contribution in [3.63, 3.8) is 0 Å². The van der Waals surface area contributed by atoms with Gasteiger partial charge in [-0.1, -0.05) is 11.6 Å². The van der Waals surface area contributed by atoms with Crippen molar-refractivity contribution in [1.29, 1.82) is 0 Å². The highest BCUT2D eigenvalue weighted by Gasteiger charge is 2.10. The normalized spacial score (nSPS) is 11.1. The third-order valence-corrected chi connectivity index (χ3v) is 2.75. The Kier molecular flexibility index (Phi) is 4.38. The van der Waals surface area contributed by atoms with Crippen molar-refractivity contribution >= 4 is 22.5 Å². The molecule has 2 aromatic rings. The molecule has 0 saturated heterocycles. The Morgan fingerprint density at radius 3 is 3.00 bits per heavy atom. The SMILES string of the molecule is CCOc1nc(Cl)cc2nn(CCCCO)cc12. The maximum absolute atomic E-state index is 8.76. The average Bonchev–Trinajstić information content (AvgIpc) is 2.72. The molecular formula is C12H16ClN3O2. The predicted octanol–water partition coefficient (Wildman–Crippen LogP) is 2.26. The van der Waals surface area contributed by atoms with E-state index in [1.807, 2.05) is 17.8 Å². The van der Waals surface area contributed by atoms with Crippen molar-refractivity contribution in [1.82, 2.24) is 14.8 Å². The van der Waals surface area contributed by atoms with Crippen molar-refractivity contribution in [2.45, 2.75) is 26.3 Å². The van der Waals surface area contributed by atoms with Crippen molar-refractivity contribution in [2.75, 3.05) is 13.2 Å².